The number of hydrogen-bond acceptors (Lipinski definition) is 7. The van der Waals surface area contributed by atoms with Crippen molar-refractivity contribution in [3.63, 3.8) is 0 Å². The van der Waals surface area contributed by atoms with Crippen molar-refractivity contribution in [3.05, 3.63) is 11.7 Å². The van der Waals surface area contributed by atoms with Crippen LogP contribution in [0.1, 0.15) is 18.6 Å². The number of hydrogen-bond donors (Lipinski definition) is 2. The molecule has 7 nitrogen and oxygen atoms in total. The topological polar surface area (TPSA) is 91.7 Å². The predicted octanol–water partition coefficient (Wildman–Crippen LogP) is -0.890. The number of rotatable bonds is 5. The number of piperazine rings is 1. The summed E-state index contributed by atoms with van der Waals surface area (Å²) in [5, 5.41) is 13.9. The molecular weight excluding hydrogens is 258 g/mol. The van der Waals surface area contributed by atoms with Gasteiger partial charge in [0.2, 0.25) is 5.89 Å². The molecule has 0 aromatic carbocycles. The Hall–Kier alpha value is -1.02. The molecule has 1 aromatic heterocycles. The van der Waals surface area contributed by atoms with Gasteiger partial charge >= 0.3 is 0 Å². The van der Waals surface area contributed by atoms with E-state index in [0.29, 0.717) is 17.8 Å². The van der Waals surface area contributed by atoms with E-state index in [-0.39, 0.29) is 13.0 Å². The largest absolute Gasteiger partial charge is 0.388 e. The number of aromatic nitrogens is 2. The molecule has 0 radical (unpaired) electrons. The molecule has 2 heterocycles. The highest BCUT2D eigenvalue weighted by atomic mass is 16.5. The normalized spacial score (nSPS) is 24.8. The molecular formula is C13H25N5O2. The first-order valence-corrected chi connectivity index (χ1v) is 7.02. The standard InChI is InChI=1S/C13H25N5O2/c1-13(19,9-14)7-12-15-11(16-20-12)6-10-8-17(2)4-5-18(10)3/h10,19H,4-9,14H2,1-3H3. The number of likely N-dealkylation sites (N-methyl/N-ethyl adjacent to an activating group) is 2. The van der Waals surface area contributed by atoms with Gasteiger partial charge in [0.1, 0.15) is 0 Å². The Morgan fingerprint density at radius 2 is 2.20 bits per heavy atom. The lowest BCUT2D eigenvalue weighted by molar-refractivity contribution is 0.0610. The van der Waals surface area contributed by atoms with Crippen LogP contribution >= 0.6 is 0 Å². The minimum atomic E-state index is -0.994. The summed E-state index contributed by atoms with van der Waals surface area (Å²) >= 11 is 0. The molecule has 2 unspecified atom stereocenters. The second-order valence-electron chi connectivity index (χ2n) is 6.08. The van der Waals surface area contributed by atoms with Gasteiger partial charge in [-0.3, -0.25) is 0 Å². The van der Waals surface area contributed by atoms with Crippen molar-refractivity contribution in [2.45, 2.75) is 31.4 Å². The average Bonchev–Trinajstić information content (AvgIpc) is 2.80. The average molecular weight is 283 g/mol. The lowest BCUT2D eigenvalue weighted by Crippen LogP contribution is -2.50. The maximum absolute atomic E-state index is 9.92. The van der Waals surface area contributed by atoms with Crippen LogP contribution < -0.4 is 5.73 Å². The SMILES string of the molecule is CN1CCN(C)C(Cc2noc(CC(C)(O)CN)n2)C1. The first-order chi connectivity index (χ1) is 9.39. The van der Waals surface area contributed by atoms with Gasteiger partial charge in [0.15, 0.2) is 5.82 Å². The van der Waals surface area contributed by atoms with Crippen molar-refractivity contribution in [2.24, 2.45) is 5.73 Å². The summed E-state index contributed by atoms with van der Waals surface area (Å²) in [5.41, 5.74) is 4.50. The summed E-state index contributed by atoms with van der Waals surface area (Å²) in [4.78, 5) is 8.99. The van der Waals surface area contributed by atoms with E-state index >= 15 is 0 Å². The molecule has 0 saturated carbocycles. The van der Waals surface area contributed by atoms with Crippen LogP contribution in [0.25, 0.3) is 0 Å². The Morgan fingerprint density at radius 1 is 1.45 bits per heavy atom. The fourth-order valence-corrected chi connectivity index (χ4v) is 2.38. The smallest absolute Gasteiger partial charge is 0.229 e. The van der Waals surface area contributed by atoms with Gasteiger partial charge in [-0.05, 0) is 21.0 Å². The molecule has 2 atom stereocenters. The highest BCUT2D eigenvalue weighted by Crippen LogP contribution is 2.13. The Morgan fingerprint density at radius 3 is 2.90 bits per heavy atom. The highest BCUT2D eigenvalue weighted by Gasteiger charge is 2.26. The van der Waals surface area contributed by atoms with E-state index in [0.717, 1.165) is 26.1 Å². The third-order valence-corrected chi connectivity index (χ3v) is 3.88. The molecule has 1 saturated heterocycles. The van der Waals surface area contributed by atoms with Crippen molar-refractivity contribution in [3.8, 4) is 0 Å². The lowest BCUT2D eigenvalue weighted by Gasteiger charge is -2.37. The summed E-state index contributed by atoms with van der Waals surface area (Å²) in [7, 11) is 4.25. The quantitative estimate of drug-likeness (QED) is 0.724. The zero-order valence-electron chi connectivity index (χ0n) is 12.5. The van der Waals surface area contributed by atoms with E-state index in [1.54, 1.807) is 6.92 Å². The molecule has 0 amide bonds. The summed E-state index contributed by atoms with van der Waals surface area (Å²) in [6.45, 7) is 4.97. The van der Waals surface area contributed by atoms with Crippen molar-refractivity contribution < 1.29 is 9.63 Å². The zero-order chi connectivity index (χ0) is 14.8. The first-order valence-electron chi connectivity index (χ1n) is 7.02. The molecule has 114 valence electrons. The molecule has 0 spiro atoms. The van der Waals surface area contributed by atoms with E-state index < -0.39 is 5.60 Å². The summed E-state index contributed by atoms with van der Waals surface area (Å²) in [6.07, 6.45) is 1.05. The maximum Gasteiger partial charge on any atom is 0.229 e. The molecule has 20 heavy (non-hydrogen) atoms. The van der Waals surface area contributed by atoms with Crippen molar-refractivity contribution >= 4 is 0 Å². The molecule has 1 aliphatic rings. The Bertz CT molecular complexity index is 434. The van der Waals surface area contributed by atoms with E-state index in [4.69, 9.17) is 10.3 Å². The van der Waals surface area contributed by atoms with Crippen LogP contribution in [0.15, 0.2) is 4.52 Å². The second-order valence-corrected chi connectivity index (χ2v) is 6.08. The van der Waals surface area contributed by atoms with Crippen LogP contribution in [0.2, 0.25) is 0 Å². The van der Waals surface area contributed by atoms with Crippen molar-refractivity contribution in [1.82, 2.24) is 19.9 Å². The zero-order valence-corrected chi connectivity index (χ0v) is 12.5. The second kappa shape index (κ2) is 6.17. The van der Waals surface area contributed by atoms with E-state index in [9.17, 15) is 5.11 Å². The molecule has 1 aromatic rings. The van der Waals surface area contributed by atoms with Crippen molar-refractivity contribution in [1.29, 1.82) is 0 Å². The Kier molecular flexibility index (Phi) is 4.74. The molecule has 0 bridgehead atoms. The molecule has 0 aliphatic carbocycles. The van der Waals surface area contributed by atoms with Gasteiger partial charge in [-0.15, -0.1) is 0 Å². The molecule has 3 N–H and O–H groups in total. The monoisotopic (exact) mass is 283 g/mol. The van der Waals surface area contributed by atoms with E-state index in [1.807, 2.05) is 0 Å². The van der Waals surface area contributed by atoms with Crippen LogP contribution in [0.3, 0.4) is 0 Å². The molecule has 1 aliphatic heterocycles. The Balaban J connectivity index is 1.95. The molecule has 7 heteroatoms. The van der Waals surface area contributed by atoms with Gasteiger partial charge in [0.05, 0.1) is 12.0 Å². The van der Waals surface area contributed by atoms with Gasteiger partial charge in [0, 0.05) is 38.6 Å². The number of aliphatic hydroxyl groups is 1. The van der Waals surface area contributed by atoms with Crippen LogP contribution in [0, 0.1) is 0 Å². The van der Waals surface area contributed by atoms with Crippen LogP contribution in [-0.2, 0) is 12.8 Å². The fourth-order valence-electron chi connectivity index (χ4n) is 2.38. The third kappa shape index (κ3) is 3.99. The predicted molar refractivity (Wildman–Crippen MR) is 75.3 cm³/mol. The van der Waals surface area contributed by atoms with Gasteiger partial charge in [0.25, 0.3) is 0 Å². The Labute approximate surface area is 119 Å². The van der Waals surface area contributed by atoms with E-state index in [1.165, 1.54) is 0 Å². The van der Waals surface area contributed by atoms with Crippen LogP contribution in [0.4, 0.5) is 0 Å². The summed E-state index contributed by atoms with van der Waals surface area (Å²) < 4.78 is 5.20. The van der Waals surface area contributed by atoms with Crippen LogP contribution in [-0.4, -0.2) is 77.0 Å². The highest BCUT2D eigenvalue weighted by molar-refractivity contribution is 4.96. The lowest BCUT2D eigenvalue weighted by atomic mass is 10.0. The first kappa shape index (κ1) is 15.4. The summed E-state index contributed by atoms with van der Waals surface area (Å²) in [5.74, 6) is 1.14. The summed E-state index contributed by atoms with van der Waals surface area (Å²) in [6, 6.07) is 0.397. The fraction of sp³-hybridized carbons (Fsp3) is 0.846. The van der Waals surface area contributed by atoms with Crippen LogP contribution in [0.5, 0.6) is 0 Å². The van der Waals surface area contributed by atoms with Crippen molar-refractivity contribution in [2.75, 3.05) is 40.3 Å². The number of nitrogens with two attached hydrogens (primary N) is 1. The molecule has 2 rings (SSSR count). The van der Waals surface area contributed by atoms with Gasteiger partial charge < -0.3 is 25.2 Å². The van der Waals surface area contributed by atoms with Gasteiger partial charge in [-0.25, -0.2) is 0 Å². The minimum Gasteiger partial charge on any atom is -0.388 e. The maximum atomic E-state index is 9.92. The van der Waals surface area contributed by atoms with Gasteiger partial charge in [-0.1, -0.05) is 5.16 Å². The van der Waals surface area contributed by atoms with E-state index in [2.05, 4.69) is 34.0 Å². The van der Waals surface area contributed by atoms with Gasteiger partial charge in [-0.2, -0.15) is 4.98 Å². The minimum absolute atomic E-state index is 0.168. The number of nitrogens with zero attached hydrogens (tertiary/aromatic N) is 4. The third-order valence-electron chi connectivity index (χ3n) is 3.88. The molecule has 1 fully saturated rings.